The van der Waals surface area contributed by atoms with Gasteiger partial charge in [-0.15, -0.1) is 0 Å². The highest BCUT2D eigenvalue weighted by Gasteiger charge is 2.22. The Hall–Kier alpha value is -1.46. The molecule has 1 aliphatic rings. The quantitative estimate of drug-likeness (QED) is 0.645. The largest absolute Gasteiger partial charge is 0.503 e. The summed E-state index contributed by atoms with van der Waals surface area (Å²) in [6, 6.07) is 0.361. The van der Waals surface area contributed by atoms with Crippen LogP contribution in [0.4, 0.5) is 9.59 Å². The topological polar surface area (TPSA) is 95.9 Å². The Kier molecular flexibility index (Phi) is 5.63. The Morgan fingerprint density at radius 2 is 1.69 bits per heavy atom. The number of carbonyl (C=O) groups excluding carboxylic acids is 1. The second-order valence-electron chi connectivity index (χ2n) is 4.56. The Labute approximate surface area is 94.6 Å². The lowest BCUT2D eigenvalue weighted by atomic mass is 9.93. The van der Waals surface area contributed by atoms with E-state index in [4.69, 9.17) is 19.7 Å². The molecule has 0 radical (unpaired) electrons. The maximum Gasteiger partial charge on any atom is 0.503 e. The molecule has 1 saturated carbocycles. The van der Waals surface area contributed by atoms with Gasteiger partial charge < -0.3 is 20.3 Å². The number of carboxylic acid groups (broad SMARTS) is 2. The molecule has 6 nitrogen and oxygen atoms in total. The minimum Gasteiger partial charge on any atom is -0.450 e. The number of nitrogens with one attached hydrogen (secondary N) is 1. The molecule has 0 saturated heterocycles. The normalized spacial score (nSPS) is 15.2. The molecule has 0 aromatic carbocycles. The molecular formula is C10H19NO5. The summed E-state index contributed by atoms with van der Waals surface area (Å²) in [7, 11) is 0. The van der Waals surface area contributed by atoms with E-state index in [0.29, 0.717) is 6.04 Å². The molecule has 0 aromatic heterocycles. The maximum atomic E-state index is 11.1. The highest BCUT2D eigenvalue weighted by atomic mass is 16.6. The molecule has 0 spiro atoms. The van der Waals surface area contributed by atoms with Gasteiger partial charge in [0.1, 0.15) is 5.60 Å². The molecule has 94 valence electrons. The molecule has 16 heavy (non-hydrogen) atoms. The van der Waals surface area contributed by atoms with E-state index in [-0.39, 0.29) is 11.7 Å². The summed E-state index contributed by atoms with van der Waals surface area (Å²) in [5.41, 5.74) is -0.381. The van der Waals surface area contributed by atoms with Gasteiger partial charge in [-0.05, 0) is 40.0 Å². The van der Waals surface area contributed by atoms with E-state index in [9.17, 15) is 4.79 Å². The molecule has 0 unspecified atom stereocenters. The van der Waals surface area contributed by atoms with Gasteiger partial charge in [0.15, 0.2) is 0 Å². The maximum absolute atomic E-state index is 11.1. The van der Waals surface area contributed by atoms with Crippen molar-refractivity contribution in [3.8, 4) is 0 Å². The molecule has 1 amide bonds. The zero-order valence-electron chi connectivity index (χ0n) is 9.82. The molecule has 0 aromatic rings. The SMILES string of the molecule is CC(C)(C)OC(=O)NC1CCC1.O=C(O)O. The molecule has 1 aliphatic carbocycles. The van der Waals surface area contributed by atoms with E-state index >= 15 is 0 Å². The molecule has 0 aliphatic heterocycles. The summed E-state index contributed by atoms with van der Waals surface area (Å²) in [5.74, 6) is 0. The molecule has 0 atom stereocenters. The lowest BCUT2D eigenvalue weighted by molar-refractivity contribution is 0.0479. The molecular weight excluding hydrogens is 214 g/mol. The number of rotatable bonds is 1. The van der Waals surface area contributed by atoms with Gasteiger partial charge in [-0.1, -0.05) is 0 Å². The van der Waals surface area contributed by atoms with E-state index in [1.807, 2.05) is 20.8 Å². The third-order valence-electron chi connectivity index (χ3n) is 1.83. The van der Waals surface area contributed by atoms with E-state index in [1.54, 1.807) is 0 Å². The fourth-order valence-corrected chi connectivity index (χ4v) is 1.03. The van der Waals surface area contributed by atoms with Crippen molar-refractivity contribution in [1.82, 2.24) is 5.32 Å². The number of hydrogen-bond acceptors (Lipinski definition) is 3. The second-order valence-corrected chi connectivity index (χ2v) is 4.56. The molecule has 1 rings (SSSR count). The van der Waals surface area contributed by atoms with Crippen molar-refractivity contribution in [3.05, 3.63) is 0 Å². The van der Waals surface area contributed by atoms with Crippen LogP contribution in [0, 0.1) is 0 Å². The summed E-state index contributed by atoms with van der Waals surface area (Å²) in [6.45, 7) is 5.61. The van der Waals surface area contributed by atoms with E-state index in [0.717, 1.165) is 12.8 Å². The third-order valence-corrected chi connectivity index (χ3v) is 1.83. The first kappa shape index (κ1) is 14.5. The minimum absolute atomic E-state index is 0.285. The van der Waals surface area contributed by atoms with Crippen LogP contribution in [0.1, 0.15) is 40.0 Å². The van der Waals surface area contributed by atoms with Crippen molar-refractivity contribution in [2.75, 3.05) is 0 Å². The van der Waals surface area contributed by atoms with Crippen LogP contribution in [0.2, 0.25) is 0 Å². The standard InChI is InChI=1S/C9H17NO2.CH2O3/c1-9(2,3)12-8(11)10-7-5-4-6-7;2-1(3)4/h7H,4-6H2,1-3H3,(H,10,11);(H2,2,3,4). The van der Waals surface area contributed by atoms with Crippen molar-refractivity contribution < 1.29 is 24.5 Å². The fraction of sp³-hybridized carbons (Fsp3) is 0.800. The minimum atomic E-state index is -1.83. The van der Waals surface area contributed by atoms with Gasteiger partial charge in [0.2, 0.25) is 0 Å². The van der Waals surface area contributed by atoms with Crippen molar-refractivity contribution in [2.24, 2.45) is 0 Å². The number of ether oxygens (including phenoxy) is 1. The van der Waals surface area contributed by atoms with Crippen LogP contribution in [0.5, 0.6) is 0 Å². The Morgan fingerprint density at radius 3 is 1.94 bits per heavy atom. The van der Waals surface area contributed by atoms with Gasteiger partial charge in [-0.25, -0.2) is 9.59 Å². The van der Waals surface area contributed by atoms with Crippen LogP contribution in [-0.4, -0.2) is 34.1 Å². The number of carbonyl (C=O) groups is 2. The second kappa shape index (κ2) is 6.19. The van der Waals surface area contributed by atoms with Gasteiger partial charge in [0.05, 0.1) is 0 Å². The highest BCUT2D eigenvalue weighted by Crippen LogP contribution is 2.18. The summed E-state index contributed by atoms with van der Waals surface area (Å²) < 4.78 is 5.09. The first-order chi connectivity index (χ1) is 7.20. The third kappa shape index (κ3) is 9.11. The number of amides is 1. The van der Waals surface area contributed by atoms with E-state index in [1.165, 1.54) is 6.42 Å². The summed E-state index contributed by atoms with van der Waals surface area (Å²) in [4.78, 5) is 19.7. The smallest absolute Gasteiger partial charge is 0.450 e. The van der Waals surface area contributed by atoms with Crippen LogP contribution in [-0.2, 0) is 4.74 Å². The molecule has 0 bridgehead atoms. The zero-order chi connectivity index (χ0) is 12.8. The predicted octanol–water partition coefficient (Wildman–Crippen LogP) is 2.29. The van der Waals surface area contributed by atoms with Crippen LogP contribution < -0.4 is 5.32 Å². The van der Waals surface area contributed by atoms with E-state index in [2.05, 4.69) is 5.32 Å². The lowest BCUT2D eigenvalue weighted by Crippen LogP contribution is -2.42. The van der Waals surface area contributed by atoms with Gasteiger partial charge >= 0.3 is 12.2 Å². The average molecular weight is 233 g/mol. The Morgan fingerprint density at radius 1 is 1.25 bits per heavy atom. The summed E-state index contributed by atoms with van der Waals surface area (Å²) in [5, 5.41) is 16.8. The van der Waals surface area contributed by atoms with E-state index < -0.39 is 6.16 Å². The zero-order valence-corrected chi connectivity index (χ0v) is 9.82. The van der Waals surface area contributed by atoms with Gasteiger partial charge in [0.25, 0.3) is 0 Å². The van der Waals surface area contributed by atoms with Gasteiger partial charge in [0, 0.05) is 6.04 Å². The Bertz CT molecular complexity index is 238. The van der Waals surface area contributed by atoms with Gasteiger partial charge in [-0.3, -0.25) is 0 Å². The van der Waals surface area contributed by atoms with Crippen molar-refractivity contribution in [2.45, 2.75) is 51.7 Å². The lowest BCUT2D eigenvalue weighted by Gasteiger charge is -2.28. The van der Waals surface area contributed by atoms with Crippen molar-refractivity contribution in [3.63, 3.8) is 0 Å². The monoisotopic (exact) mass is 233 g/mol. The van der Waals surface area contributed by atoms with Crippen molar-refractivity contribution in [1.29, 1.82) is 0 Å². The Balaban J connectivity index is 0.000000487. The van der Waals surface area contributed by atoms with Gasteiger partial charge in [-0.2, -0.15) is 0 Å². The fourth-order valence-electron chi connectivity index (χ4n) is 1.03. The predicted molar refractivity (Wildman–Crippen MR) is 57.7 cm³/mol. The molecule has 6 heteroatoms. The van der Waals surface area contributed by atoms with Crippen LogP contribution in [0.3, 0.4) is 0 Å². The molecule has 0 heterocycles. The summed E-state index contributed by atoms with van der Waals surface area (Å²) in [6.07, 6.45) is 1.30. The van der Waals surface area contributed by atoms with Crippen LogP contribution in [0.15, 0.2) is 0 Å². The number of hydrogen-bond donors (Lipinski definition) is 3. The first-order valence-corrected chi connectivity index (χ1v) is 5.12. The van der Waals surface area contributed by atoms with Crippen molar-refractivity contribution >= 4 is 12.2 Å². The van der Waals surface area contributed by atoms with Crippen LogP contribution in [0.25, 0.3) is 0 Å². The highest BCUT2D eigenvalue weighted by molar-refractivity contribution is 5.68. The molecule has 3 N–H and O–H groups in total. The number of alkyl carbamates (subject to hydrolysis) is 1. The first-order valence-electron chi connectivity index (χ1n) is 5.12. The summed E-state index contributed by atoms with van der Waals surface area (Å²) >= 11 is 0. The van der Waals surface area contributed by atoms with Crippen LogP contribution >= 0.6 is 0 Å². The average Bonchev–Trinajstić information content (AvgIpc) is 1.92. The molecule has 1 fully saturated rings.